The lowest BCUT2D eigenvalue weighted by molar-refractivity contribution is 0.0120. The van der Waals surface area contributed by atoms with Crippen molar-refractivity contribution in [3.8, 4) is 0 Å². The normalized spacial score (nSPS) is 26.5. The van der Waals surface area contributed by atoms with Crippen LogP contribution < -0.4 is 0 Å². The van der Waals surface area contributed by atoms with Gasteiger partial charge >= 0.3 is 6.09 Å². The van der Waals surface area contributed by atoms with E-state index < -0.39 is 15.7 Å². The van der Waals surface area contributed by atoms with Crippen LogP contribution in [0.4, 0.5) is 4.79 Å². The average Bonchev–Trinajstić information content (AvgIpc) is 2.47. The van der Waals surface area contributed by atoms with Crippen molar-refractivity contribution in [1.82, 2.24) is 9.80 Å². The summed E-state index contributed by atoms with van der Waals surface area (Å²) in [7, 11) is -3.36. The summed E-state index contributed by atoms with van der Waals surface area (Å²) in [6, 6.07) is 0. The molecule has 7 nitrogen and oxygen atoms in total. The minimum atomic E-state index is -3.36. The Balaban J connectivity index is 1.68. The number of hydrogen-bond acceptors (Lipinski definition) is 6. The van der Waals surface area contributed by atoms with Gasteiger partial charge in [-0.1, -0.05) is 0 Å². The summed E-state index contributed by atoms with van der Waals surface area (Å²) >= 11 is 0. The molecular formula is C17H32N2O5S. The number of carbonyl (C=O) groups excluding carboxylic acids is 1. The lowest BCUT2D eigenvalue weighted by atomic mass is 9.87. The van der Waals surface area contributed by atoms with E-state index in [2.05, 4.69) is 4.90 Å². The van der Waals surface area contributed by atoms with Gasteiger partial charge in [-0.25, -0.2) is 4.79 Å². The second kappa shape index (κ2) is 8.22. The molecule has 0 radical (unpaired) electrons. The Bertz CT molecular complexity index is 542. The molecule has 1 aliphatic heterocycles. The molecule has 0 aromatic carbocycles. The predicted molar refractivity (Wildman–Crippen MR) is 95.9 cm³/mol. The topological polar surface area (TPSA) is 76.2 Å². The Morgan fingerprint density at radius 1 is 1.04 bits per heavy atom. The van der Waals surface area contributed by atoms with Crippen molar-refractivity contribution in [3.05, 3.63) is 0 Å². The Morgan fingerprint density at radius 3 is 2.08 bits per heavy atom. The summed E-state index contributed by atoms with van der Waals surface area (Å²) in [5, 5.41) is 0. The Morgan fingerprint density at radius 2 is 1.60 bits per heavy atom. The number of amides is 1. The summed E-state index contributed by atoms with van der Waals surface area (Å²) < 4.78 is 32.9. The average molecular weight is 377 g/mol. The van der Waals surface area contributed by atoms with Crippen molar-refractivity contribution in [2.24, 2.45) is 5.92 Å². The number of hydrogen-bond donors (Lipinski definition) is 0. The molecule has 0 N–H and O–H groups in total. The highest BCUT2D eigenvalue weighted by molar-refractivity contribution is 7.86. The van der Waals surface area contributed by atoms with E-state index in [1.54, 1.807) is 4.90 Å². The molecule has 0 aromatic heterocycles. The van der Waals surface area contributed by atoms with Gasteiger partial charge in [0, 0.05) is 32.7 Å². The highest BCUT2D eigenvalue weighted by Crippen LogP contribution is 2.28. The van der Waals surface area contributed by atoms with Crippen LogP contribution in [0.2, 0.25) is 0 Å². The summed E-state index contributed by atoms with van der Waals surface area (Å²) in [5.74, 6) is 0.576. The fourth-order valence-electron chi connectivity index (χ4n) is 3.46. The van der Waals surface area contributed by atoms with E-state index in [1.807, 2.05) is 20.8 Å². The Labute approximate surface area is 151 Å². The quantitative estimate of drug-likeness (QED) is 0.699. The molecule has 0 bridgehead atoms. The molecule has 1 aliphatic carbocycles. The van der Waals surface area contributed by atoms with Gasteiger partial charge in [0.1, 0.15) is 5.60 Å². The fraction of sp³-hybridized carbons (Fsp3) is 0.941. The van der Waals surface area contributed by atoms with Crippen LogP contribution in [0.1, 0.15) is 46.5 Å². The van der Waals surface area contributed by atoms with Gasteiger partial charge in [0.2, 0.25) is 0 Å². The van der Waals surface area contributed by atoms with E-state index >= 15 is 0 Å². The van der Waals surface area contributed by atoms with Crippen molar-refractivity contribution >= 4 is 16.2 Å². The first-order chi connectivity index (χ1) is 11.5. The second-order valence-electron chi connectivity index (χ2n) is 8.21. The minimum absolute atomic E-state index is 0.157. The SMILES string of the molecule is CC(C)(C)OC(=O)N1CCN(CC2CCC(OS(C)(=O)=O)CC2)CC1. The van der Waals surface area contributed by atoms with Gasteiger partial charge in [-0.2, -0.15) is 8.42 Å². The smallest absolute Gasteiger partial charge is 0.410 e. The third-order valence-corrected chi connectivity index (χ3v) is 5.27. The van der Waals surface area contributed by atoms with Gasteiger partial charge in [-0.15, -0.1) is 0 Å². The van der Waals surface area contributed by atoms with Gasteiger partial charge in [0.25, 0.3) is 10.1 Å². The first-order valence-electron chi connectivity index (χ1n) is 9.10. The minimum Gasteiger partial charge on any atom is -0.444 e. The first-order valence-corrected chi connectivity index (χ1v) is 10.9. The monoisotopic (exact) mass is 376 g/mol. The molecule has 2 rings (SSSR count). The number of piperazine rings is 1. The maximum Gasteiger partial charge on any atom is 0.410 e. The Kier molecular flexibility index (Phi) is 6.73. The van der Waals surface area contributed by atoms with Gasteiger partial charge in [-0.05, 0) is 52.4 Å². The van der Waals surface area contributed by atoms with Crippen molar-refractivity contribution in [1.29, 1.82) is 0 Å². The van der Waals surface area contributed by atoms with Crippen molar-refractivity contribution < 1.29 is 22.1 Å². The van der Waals surface area contributed by atoms with Crippen LogP contribution in [-0.4, -0.2) is 75.0 Å². The van der Waals surface area contributed by atoms with Gasteiger partial charge < -0.3 is 9.64 Å². The first kappa shape index (κ1) is 20.5. The zero-order chi connectivity index (χ0) is 18.7. The standard InChI is InChI=1S/C17H32N2O5S/c1-17(2,3)23-16(20)19-11-9-18(10-12-19)13-14-5-7-15(8-6-14)24-25(4,21)22/h14-15H,5-13H2,1-4H3. The summed E-state index contributed by atoms with van der Waals surface area (Å²) in [4.78, 5) is 16.3. The van der Waals surface area contributed by atoms with Crippen LogP contribution in [0.3, 0.4) is 0 Å². The van der Waals surface area contributed by atoms with Gasteiger partial charge in [0.05, 0.1) is 12.4 Å². The fourth-order valence-corrected chi connectivity index (χ4v) is 4.15. The zero-order valence-corrected chi connectivity index (χ0v) is 16.7. The number of carbonyl (C=O) groups is 1. The van der Waals surface area contributed by atoms with Crippen LogP contribution in [-0.2, 0) is 19.0 Å². The van der Waals surface area contributed by atoms with Crippen molar-refractivity contribution in [3.63, 3.8) is 0 Å². The van der Waals surface area contributed by atoms with Crippen LogP contribution in [0.5, 0.6) is 0 Å². The van der Waals surface area contributed by atoms with Crippen LogP contribution in [0.15, 0.2) is 0 Å². The molecule has 0 spiro atoms. The van der Waals surface area contributed by atoms with Crippen molar-refractivity contribution in [2.45, 2.75) is 58.2 Å². The van der Waals surface area contributed by atoms with Gasteiger partial charge in [-0.3, -0.25) is 9.08 Å². The predicted octanol–water partition coefficient (Wildman–Crippen LogP) is 2.07. The molecule has 1 saturated heterocycles. The molecule has 1 heterocycles. The van der Waals surface area contributed by atoms with Crippen LogP contribution in [0, 0.1) is 5.92 Å². The molecule has 0 aromatic rings. The molecule has 146 valence electrons. The summed E-state index contributed by atoms with van der Waals surface area (Å²) in [6.45, 7) is 9.76. The molecule has 0 atom stereocenters. The van der Waals surface area contributed by atoms with E-state index in [0.717, 1.165) is 51.6 Å². The van der Waals surface area contributed by atoms with E-state index in [4.69, 9.17) is 8.92 Å². The highest BCUT2D eigenvalue weighted by Gasteiger charge is 2.29. The largest absolute Gasteiger partial charge is 0.444 e. The highest BCUT2D eigenvalue weighted by atomic mass is 32.2. The molecule has 2 aliphatic rings. The van der Waals surface area contributed by atoms with Crippen molar-refractivity contribution in [2.75, 3.05) is 39.0 Å². The third kappa shape index (κ3) is 7.50. The molecule has 1 saturated carbocycles. The number of rotatable bonds is 4. The second-order valence-corrected chi connectivity index (χ2v) is 9.81. The molecular weight excluding hydrogens is 344 g/mol. The van der Waals surface area contributed by atoms with E-state index in [1.165, 1.54) is 0 Å². The lowest BCUT2D eigenvalue weighted by Gasteiger charge is -2.38. The molecule has 2 fully saturated rings. The summed E-state index contributed by atoms with van der Waals surface area (Å²) in [6.07, 6.45) is 4.31. The van der Waals surface area contributed by atoms with Crippen LogP contribution >= 0.6 is 0 Å². The van der Waals surface area contributed by atoms with E-state index in [9.17, 15) is 13.2 Å². The maximum atomic E-state index is 12.1. The molecule has 0 unspecified atom stereocenters. The van der Waals surface area contributed by atoms with E-state index in [0.29, 0.717) is 19.0 Å². The molecule has 8 heteroatoms. The number of ether oxygens (including phenoxy) is 1. The lowest BCUT2D eigenvalue weighted by Crippen LogP contribution is -2.51. The number of nitrogens with zero attached hydrogens (tertiary/aromatic N) is 2. The third-order valence-electron chi connectivity index (χ3n) is 4.65. The maximum absolute atomic E-state index is 12.1. The molecule has 1 amide bonds. The molecule has 25 heavy (non-hydrogen) atoms. The zero-order valence-electron chi connectivity index (χ0n) is 15.9. The summed E-state index contributed by atoms with van der Waals surface area (Å²) in [5.41, 5.74) is -0.457. The van der Waals surface area contributed by atoms with Crippen LogP contribution in [0.25, 0.3) is 0 Å². The van der Waals surface area contributed by atoms with Gasteiger partial charge in [0.15, 0.2) is 0 Å². The van der Waals surface area contributed by atoms with E-state index in [-0.39, 0.29) is 12.2 Å². The Hall–Kier alpha value is -0.860.